The van der Waals surface area contributed by atoms with Gasteiger partial charge in [0.2, 0.25) is 5.91 Å². The average molecular weight is 372 g/mol. The number of benzene rings is 2. The molecule has 0 saturated carbocycles. The number of rotatable bonds is 5. The fourth-order valence-electron chi connectivity index (χ4n) is 3.23. The Bertz CT molecular complexity index is 1180. The minimum Gasteiger partial charge on any atom is -0.457 e. The Hall–Kier alpha value is -3.67. The zero-order chi connectivity index (χ0) is 19.7. The average Bonchev–Trinajstić information content (AvgIpc) is 3.10. The van der Waals surface area contributed by atoms with Gasteiger partial charge in [-0.3, -0.25) is 14.5 Å². The number of aryl methyl sites for hydroxylation is 2. The van der Waals surface area contributed by atoms with Crippen LogP contribution in [0.3, 0.4) is 0 Å². The standard InChI is InChI=1S/C22H20N4O2/c1-3-26-21-12-17(6-4-16(21)13-25-26)28-18-8-9-24-20(11-18)15-5-7-19(22(23)27)14(2)10-15/h4-13H,3H2,1-2H3,(H2,23,27). The summed E-state index contributed by atoms with van der Waals surface area (Å²) in [5.41, 5.74) is 9.40. The summed E-state index contributed by atoms with van der Waals surface area (Å²) in [5, 5.41) is 5.44. The largest absolute Gasteiger partial charge is 0.457 e. The van der Waals surface area contributed by atoms with E-state index in [9.17, 15) is 4.79 Å². The molecule has 0 radical (unpaired) electrons. The Morgan fingerprint density at radius 1 is 1.11 bits per heavy atom. The number of amides is 1. The molecule has 0 aliphatic carbocycles. The van der Waals surface area contributed by atoms with Gasteiger partial charge in [-0.25, -0.2) is 0 Å². The molecule has 6 heteroatoms. The summed E-state index contributed by atoms with van der Waals surface area (Å²) in [6.07, 6.45) is 3.56. The number of ether oxygens (including phenoxy) is 1. The van der Waals surface area contributed by atoms with E-state index in [1.165, 1.54) is 0 Å². The molecular formula is C22H20N4O2. The smallest absolute Gasteiger partial charge is 0.248 e. The maximum absolute atomic E-state index is 11.4. The number of fused-ring (bicyclic) bond motifs is 1. The third kappa shape index (κ3) is 3.32. The molecule has 2 N–H and O–H groups in total. The van der Waals surface area contributed by atoms with Gasteiger partial charge in [0, 0.05) is 41.4 Å². The van der Waals surface area contributed by atoms with Crippen molar-refractivity contribution in [3.63, 3.8) is 0 Å². The lowest BCUT2D eigenvalue weighted by atomic mass is 10.0. The zero-order valence-corrected chi connectivity index (χ0v) is 15.7. The van der Waals surface area contributed by atoms with Crippen LogP contribution in [0.2, 0.25) is 0 Å². The number of carbonyl (C=O) groups excluding carboxylic acids is 1. The van der Waals surface area contributed by atoms with Crippen LogP contribution in [0.1, 0.15) is 22.8 Å². The van der Waals surface area contributed by atoms with Crippen molar-refractivity contribution in [1.29, 1.82) is 0 Å². The van der Waals surface area contributed by atoms with Gasteiger partial charge in [-0.1, -0.05) is 6.07 Å². The minimum atomic E-state index is -0.434. The maximum Gasteiger partial charge on any atom is 0.248 e. The van der Waals surface area contributed by atoms with E-state index in [-0.39, 0.29) is 0 Å². The Balaban J connectivity index is 1.64. The molecule has 1 amide bonds. The van der Waals surface area contributed by atoms with E-state index in [2.05, 4.69) is 17.0 Å². The van der Waals surface area contributed by atoms with Gasteiger partial charge in [0.15, 0.2) is 0 Å². The van der Waals surface area contributed by atoms with Gasteiger partial charge < -0.3 is 10.5 Å². The minimum absolute atomic E-state index is 0.434. The highest BCUT2D eigenvalue weighted by Gasteiger charge is 2.09. The highest BCUT2D eigenvalue weighted by Crippen LogP contribution is 2.29. The highest BCUT2D eigenvalue weighted by atomic mass is 16.5. The number of carbonyl (C=O) groups is 1. The molecule has 2 aromatic carbocycles. The van der Waals surface area contributed by atoms with Gasteiger partial charge >= 0.3 is 0 Å². The number of nitrogens with two attached hydrogens (primary N) is 1. The molecule has 0 unspecified atom stereocenters. The predicted molar refractivity (Wildman–Crippen MR) is 108 cm³/mol. The first-order valence-corrected chi connectivity index (χ1v) is 9.05. The van der Waals surface area contributed by atoms with Crippen LogP contribution in [-0.4, -0.2) is 20.7 Å². The number of aromatic nitrogens is 3. The van der Waals surface area contributed by atoms with Crippen LogP contribution < -0.4 is 10.5 Å². The normalized spacial score (nSPS) is 10.9. The second kappa shape index (κ2) is 7.15. The van der Waals surface area contributed by atoms with Crippen molar-refractivity contribution in [1.82, 2.24) is 14.8 Å². The molecule has 140 valence electrons. The fourth-order valence-corrected chi connectivity index (χ4v) is 3.23. The van der Waals surface area contributed by atoms with Gasteiger partial charge in [0.1, 0.15) is 11.5 Å². The van der Waals surface area contributed by atoms with Crippen LogP contribution in [0.15, 0.2) is 60.9 Å². The molecule has 4 rings (SSSR count). The van der Waals surface area contributed by atoms with Crippen LogP contribution in [0.5, 0.6) is 11.5 Å². The molecule has 0 spiro atoms. The first-order valence-electron chi connectivity index (χ1n) is 9.05. The molecule has 0 atom stereocenters. The van der Waals surface area contributed by atoms with Crippen LogP contribution in [0.4, 0.5) is 0 Å². The summed E-state index contributed by atoms with van der Waals surface area (Å²) < 4.78 is 7.99. The predicted octanol–water partition coefficient (Wildman–Crippen LogP) is 4.32. The zero-order valence-electron chi connectivity index (χ0n) is 15.7. The number of nitrogens with zero attached hydrogens (tertiary/aromatic N) is 3. The van der Waals surface area contributed by atoms with Gasteiger partial charge in [-0.05, 0) is 49.7 Å². The maximum atomic E-state index is 11.4. The van der Waals surface area contributed by atoms with E-state index < -0.39 is 5.91 Å². The quantitative estimate of drug-likeness (QED) is 0.566. The molecule has 28 heavy (non-hydrogen) atoms. The summed E-state index contributed by atoms with van der Waals surface area (Å²) in [7, 11) is 0. The van der Waals surface area contributed by atoms with Crippen molar-refractivity contribution in [2.45, 2.75) is 20.4 Å². The molecular weight excluding hydrogens is 352 g/mol. The van der Waals surface area contributed by atoms with Crippen molar-refractivity contribution >= 4 is 16.8 Å². The van der Waals surface area contributed by atoms with Crippen molar-refractivity contribution in [3.8, 4) is 22.8 Å². The number of primary amides is 1. The van der Waals surface area contributed by atoms with E-state index in [1.54, 1.807) is 12.3 Å². The van der Waals surface area contributed by atoms with E-state index in [0.29, 0.717) is 11.3 Å². The van der Waals surface area contributed by atoms with Crippen LogP contribution in [0, 0.1) is 6.92 Å². The van der Waals surface area contributed by atoms with Crippen LogP contribution in [-0.2, 0) is 6.54 Å². The van der Waals surface area contributed by atoms with E-state index in [1.807, 2.05) is 60.3 Å². The van der Waals surface area contributed by atoms with Gasteiger partial charge in [0.05, 0.1) is 17.4 Å². The molecule has 0 saturated heterocycles. The fraction of sp³-hybridized carbons (Fsp3) is 0.136. The third-order valence-electron chi connectivity index (χ3n) is 4.67. The molecule has 0 fully saturated rings. The molecule has 6 nitrogen and oxygen atoms in total. The highest BCUT2D eigenvalue weighted by molar-refractivity contribution is 5.94. The molecule has 4 aromatic rings. The second-order valence-electron chi connectivity index (χ2n) is 6.55. The van der Waals surface area contributed by atoms with Crippen molar-refractivity contribution < 1.29 is 9.53 Å². The van der Waals surface area contributed by atoms with Crippen molar-refractivity contribution in [3.05, 3.63) is 72.1 Å². The first-order chi connectivity index (χ1) is 13.5. The third-order valence-corrected chi connectivity index (χ3v) is 4.67. The van der Waals surface area contributed by atoms with Gasteiger partial charge in [-0.2, -0.15) is 5.10 Å². The lowest BCUT2D eigenvalue weighted by molar-refractivity contribution is 0.0999. The summed E-state index contributed by atoms with van der Waals surface area (Å²) in [6, 6.07) is 15.1. The van der Waals surface area contributed by atoms with E-state index in [4.69, 9.17) is 10.5 Å². The van der Waals surface area contributed by atoms with Gasteiger partial charge in [-0.15, -0.1) is 0 Å². The molecule has 2 aromatic heterocycles. The second-order valence-corrected chi connectivity index (χ2v) is 6.55. The van der Waals surface area contributed by atoms with E-state index >= 15 is 0 Å². The lowest BCUT2D eigenvalue weighted by Crippen LogP contribution is -2.12. The summed E-state index contributed by atoms with van der Waals surface area (Å²) in [4.78, 5) is 15.9. The number of pyridine rings is 1. The van der Waals surface area contributed by atoms with Crippen LogP contribution >= 0.6 is 0 Å². The monoisotopic (exact) mass is 372 g/mol. The summed E-state index contributed by atoms with van der Waals surface area (Å²) >= 11 is 0. The Morgan fingerprint density at radius 2 is 1.93 bits per heavy atom. The molecule has 0 bridgehead atoms. The number of hydrogen-bond acceptors (Lipinski definition) is 4. The van der Waals surface area contributed by atoms with E-state index in [0.717, 1.165) is 40.0 Å². The molecule has 2 heterocycles. The summed E-state index contributed by atoms with van der Waals surface area (Å²) in [6.45, 7) is 4.71. The molecule has 0 aliphatic rings. The first kappa shape index (κ1) is 17.7. The van der Waals surface area contributed by atoms with Crippen LogP contribution in [0.25, 0.3) is 22.2 Å². The van der Waals surface area contributed by atoms with Crippen molar-refractivity contribution in [2.24, 2.45) is 5.73 Å². The Kier molecular flexibility index (Phi) is 4.53. The molecule has 0 aliphatic heterocycles. The van der Waals surface area contributed by atoms with Crippen molar-refractivity contribution in [2.75, 3.05) is 0 Å². The number of hydrogen-bond donors (Lipinski definition) is 1. The lowest BCUT2D eigenvalue weighted by Gasteiger charge is -2.09. The van der Waals surface area contributed by atoms with Gasteiger partial charge in [0.25, 0.3) is 0 Å². The summed E-state index contributed by atoms with van der Waals surface area (Å²) in [5.74, 6) is 0.986. The SMILES string of the molecule is CCn1ncc2ccc(Oc3ccnc(-c4ccc(C(N)=O)c(C)c4)c3)cc21. The Labute approximate surface area is 162 Å². The topological polar surface area (TPSA) is 83.0 Å². The Morgan fingerprint density at radius 3 is 2.68 bits per heavy atom.